The third-order valence-corrected chi connectivity index (χ3v) is 7.56. The lowest BCUT2D eigenvalue weighted by molar-refractivity contribution is -0.148. The predicted molar refractivity (Wildman–Crippen MR) is 177 cm³/mol. The zero-order valence-electron chi connectivity index (χ0n) is 25.4. The van der Waals surface area contributed by atoms with Crippen LogP contribution in [0.4, 0.5) is 0 Å². The van der Waals surface area contributed by atoms with Crippen molar-refractivity contribution in [2.45, 2.75) is 53.6 Å². The summed E-state index contributed by atoms with van der Waals surface area (Å²) in [4.78, 5) is 30.7. The number of halogens is 1. The first-order chi connectivity index (χ1) is 20.6. The van der Waals surface area contributed by atoms with E-state index in [0.29, 0.717) is 50.6 Å². The van der Waals surface area contributed by atoms with E-state index in [9.17, 15) is 9.59 Å². The molecule has 10 heteroatoms. The van der Waals surface area contributed by atoms with Crippen LogP contribution >= 0.6 is 22.6 Å². The number of nitrogens with zero attached hydrogens (tertiary/aromatic N) is 3. The number of para-hydroxylation sites is 1. The van der Waals surface area contributed by atoms with Gasteiger partial charge in [0.15, 0.2) is 23.4 Å². The fourth-order valence-electron chi connectivity index (χ4n) is 4.63. The molecule has 43 heavy (non-hydrogen) atoms. The first kappa shape index (κ1) is 32.0. The van der Waals surface area contributed by atoms with Crippen LogP contribution in [0.3, 0.4) is 0 Å². The summed E-state index contributed by atoms with van der Waals surface area (Å²) in [6, 6.07) is 14.9. The number of carbonyl (C=O) groups is 1. The van der Waals surface area contributed by atoms with Crippen molar-refractivity contribution in [1.29, 1.82) is 0 Å². The molecule has 0 N–H and O–H groups in total. The molecule has 0 radical (unpaired) electrons. The first-order valence-corrected chi connectivity index (χ1v) is 15.2. The van der Waals surface area contributed by atoms with E-state index in [4.69, 9.17) is 23.9 Å². The molecule has 0 aliphatic carbocycles. The lowest BCUT2D eigenvalue weighted by Gasteiger charge is -2.18. The molecule has 0 unspecified atom stereocenters. The molecule has 0 bridgehead atoms. The Morgan fingerprint density at radius 3 is 2.42 bits per heavy atom. The third kappa shape index (κ3) is 7.01. The highest BCUT2D eigenvalue weighted by Crippen LogP contribution is 2.36. The molecular weight excluding hydrogens is 661 g/mol. The Balaban J connectivity index is 1.88. The first-order valence-electron chi connectivity index (χ1n) is 14.1. The Kier molecular flexibility index (Phi) is 10.4. The van der Waals surface area contributed by atoms with Crippen molar-refractivity contribution < 1.29 is 23.7 Å². The minimum absolute atomic E-state index is 0.187. The van der Waals surface area contributed by atoms with Crippen molar-refractivity contribution in [3.05, 3.63) is 79.1 Å². The molecule has 1 atom stereocenters. The van der Waals surface area contributed by atoms with Gasteiger partial charge in [0.05, 0.1) is 41.0 Å². The number of esters is 1. The fraction of sp³-hybridized carbons (Fsp3) is 0.333. The van der Waals surface area contributed by atoms with Crippen LogP contribution in [-0.2, 0) is 9.53 Å². The van der Waals surface area contributed by atoms with Gasteiger partial charge in [0.2, 0.25) is 0 Å². The van der Waals surface area contributed by atoms with E-state index in [1.807, 2.05) is 57.2 Å². The van der Waals surface area contributed by atoms with Crippen molar-refractivity contribution in [2.75, 3.05) is 20.3 Å². The van der Waals surface area contributed by atoms with Crippen LogP contribution < -0.4 is 19.8 Å². The van der Waals surface area contributed by atoms with Gasteiger partial charge in [-0.25, -0.2) is 9.78 Å². The summed E-state index contributed by atoms with van der Waals surface area (Å²) in [6.07, 6.45) is 0.766. The van der Waals surface area contributed by atoms with Crippen LogP contribution in [0.25, 0.3) is 22.3 Å². The summed E-state index contributed by atoms with van der Waals surface area (Å²) in [6.45, 7) is 12.5. The quantitative estimate of drug-likeness (QED) is 0.0975. The van der Waals surface area contributed by atoms with E-state index in [0.717, 1.165) is 22.4 Å². The van der Waals surface area contributed by atoms with E-state index in [-0.39, 0.29) is 11.5 Å². The summed E-state index contributed by atoms with van der Waals surface area (Å²) in [5.74, 6) is 1.80. The van der Waals surface area contributed by atoms with Gasteiger partial charge in [-0.15, -0.1) is 0 Å². The highest BCUT2D eigenvalue weighted by atomic mass is 127. The lowest BCUT2D eigenvalue weighted by atomic mass is 9.96. The average molecular weight is 698 g/mol. The number of carbonyl (C=O) groups excluding carboxylic acids is 1. The van der Waals surface area contributed by atoms with Gasteiger partial charge in [0, 0.05) is 5.56 Å². The van der Waals surface area contributed by atoms with Gasteiger partial charge in [0.25, 0.3) is 5.56 Å². The second-order valence-electron chi connectivity index (χ2n) is 10.2. The second-order valence-corrected chi connectivity index (χ2v) is 11.3. The van der Waals surface area contributed by atoms with Gasteiger partial charge >= 0.3 is 5.97 Å². The van der Waals surface area contributed by atoms with Gasteiger partial charge < -0.3 is 18.9 Å². The Morgan fingerprint density at radius 2 is 1.74 bits per heavy atom. The maximum absolute atomic E-state index is 13.8. The molecular formula is C33H36IN3O6. The molecule has 0 fully saturated rings. The fourth-order valence-corrected chi connectivity index (χ4v) is 5.38. The van der Waals surface area contributed by atoms with Gasteiger partial charge in [0.1, 0.15) is 5.75 Å². The predicted octanol–water partition coefficient (Wildman–Crippen LogP) is 6.72. The zero-order chi connectivity index (χ0) is 31.3. The average Bonchev–Trinajstić information content (AvgIpc) is 2.98. The smallest absolute Gasteiger partial charge is 0.346 e. The van der Waals surface area contributed by atoms with E-state index in [1.54, 1.807) is 25.3 Å². The maximum Gasteiger partial charge on any atom is 0.346 e. The number of fused-ring (bicyclic) bond motifs is 1. The van der Waals surface area contributed by atoms with E-state index in [2.05, 4.69) is 41.5 Å². The lowest BCUT2D eigenvalue weighted by Crippen LogP contribution is -2.25. The molecule has 0 aliphatic heterocycles. The summed E-state index contributed by atoms with van der Waals surface area (Å²) in [7, 11) is 1.31. The second kappa shape index (κ2) is 14.0. The van der Waals surface area contributed by atoms with Crippen LogP contribution in [0, 0.1) is 10.5 Å². The molecule has 226 valence electrons. The SMILES string of the molecule is CCOc1cc(C)c(-c2nc3ccccc3c(=O)n2N=Cc2cc(I)c(O[C@H](C)C(=O)OC)c(OCC)c2)cc1C(C)C. The van der Waals surface area contributed by atoms with Crippen LogP contribution in [0.1, 0.15) is 57.2 Å². The van der Waals surface area contributed by atoms with Gasteiger partial charge in [-0.1, -0.05) is 26.0 Å². The van der Waals surface area contributed by atoms with Crippen LogP contribution in [-0.4, -0.2) is 48.3 Å². The van der Waals surface area contributed by atoms with Crippen molar-refractivity contribution in [2.24, 2.45) is 5.10 Å². The van der Waals surface area contributed by atoms with E-state index >= 15 is 0 Å². The molecule has 0 amide bonds. The maximum atomic E-state index is 13.8. The largest absolute Gasteiger partial charge is 0.494 e. The molecule has 0 spiro atoms. The van der Waals surface area contributed by atoms with E-state index < -0.39 is 12.1 Å². The Morgan fingerprint density at radius 1 is 1.05 bits per heavy atom. The summed E-state index contributed by atoms with van der Waals surface area (Å²) in [5.41, 5.74) is 3.69. The molecule has 1 heterocycles. The van der Waals surface area contributed by atoms with Crippen molar-refractivity contribution in [1.82, 2.24) is 9.66 Å². The van der Waals surface area contributed by atoms with Crippen LogP contribution in [0.2, 0.25) is 0 Å². The number of benzene rings is 3. The minimum Gasteiger partial charge on any atom is -0.494 e. The van der Waals surface area contributed by atoms with Gasteiger partial charge in [-0.05, 0) is 109 Å². The number of aryl methyl sites for hydroxylation is 1. The number of hydrogen-bond acceptors (Lipinski definition) is 8. The Labute approximate surface area is 265 Å². The number of methoxy groups -OCH3 is 1. The molecule has 1 aromatic heterocycles. The van der Waals surface area contributed by atoms with Gasteiger partial charge in [-0.3, -0.25) is 4.79 Å². The number of rotatable bonds is 11. The molecule has 4 aromatic rings. The molecule has 0 aliphatic rings. The summed E-state index contributed by atoms with van der Waals surface area (Å²) in [5, 5.41) is 5.12. The van der Waals surface area contributed by atoms with Crippen LogP contribution in [0.5, 0.6) is 17.2 Å². The topological polar surface area (TPSA) is 101 Å². The normalized spacial score (nSPS) is 12.1. The standard InChI is InChI=1S/C33H36IN3O6/c1-8-41-28-14-20(5)25(17-24(28)19(3)4)31-36-27-13-11-10-12-23(27)32(38)37(31)35-18-22-15-26(34)30(29(16-22)42-9-2)43-21(6)33(39)40-7/h10-19,21H,8-9H2,1-7H3/t21-/m1/s1. The van der Waals surface area contributed by atoms with Crippen molar-refractivity contribution >= 4 is 45.7 Å². The molecule has 4 rings (SSSR count). The molecule has 9 nitrogen and oxygen atoms in total. The zero-order valence-corrected chi connectivity index (χ0v) is 27.6. The monoisotopic (exact) mass is 697 g/mol. The highest BCUT2D eigenvalue weighted by Gasteiger charge is 2.21. The van der Waals surface area contributed by atoms with E-state index in [1.165, 1.54) is 11.8 Å². The number of ether oxygens (including phenoxy) is 4. The molecule has 0 saturated heterocycles. The number of hydrogen-bond donors (Lipinski definition) is 0. The summed E-state index contributed by atoms with van der Waals surface area (Å²) >= 11 is 2.12. The third-order valence-electron chi connectivity index (χ3n) is 6.76. The number of aromatic nitrogens is 2. The van der Waals surface area contributed by atoms with Crippen LogP contribution in [0.15, 0.2) is 58.4 Å². The molecule has 3 aromatic carbocycles. The highest BCUT2D eigenvalue weighted by molar-refractivity contribution is 14.1. The Bertz CT molecular complexity index is 1730. The summed E-state index contributed by atoms with van der Waals surface area (Å²) < 4.78 is 24.5. The Hall–Kier alpha value is -3.93. The minimum atomic E-state index is -0.824. The molecule has 0 saturated carbocycles. The van der Waals surface area contributed by atoms with Gasteiger partial charge in [-0.2, -0.15) is 9.78 Å². The van der Waals surface area contributed by atoms with Crippen molar-refractivity contribution in [3.8, 4) is 28.6 Å². The van der Waals surface area contributed by atoms with Crippen molar-refractivity contribution in [3.63, 3.8) is 0 Å².